The monoisotopic (exact) mass is 1190 g/mol. The molecule has 4 aliphatic carbocycles. The number of hydrogen-bond acceptors (Lipinski definition) is 28. The highest BCUT2D eigenvalue weighted by molar-refractivity contribution is 5.29. The van der Waals surface area contributed by atoms with Gasteiger partial charge in [-0.15, -0.1) is 0 Å². The third-order valence-corrected chi connectivity index (χ3v) is 21.2. The van der Waals surface area contributed by atoms with E-state index in [1.807, 2.05) is 0 Å². The first-order valence-electron chi connectivity index (χ1n) is 29.2. The van der Waals surface area contributed by atoms with Crippen LogP contribution in [-0.4, -0.2) is 292 Å². The van der Waals surface area contributed by atoms with Gasteiger partial charge in [0.15, 0.2) is 25.2 Å². The fourth-order valence-corrected chi connectivity index (χ4v) is 16.4. The summed E-state index contributed by atoms with van der Waals surface area (Å²) < 4.78 is 75.2. The maximum atomic E-state index is 12.7. The van der Waals surface area contributed by atoms with Crippen molar-refractivity contribution >= 4 is 0 Å². The van der Waals surface area contributed by atoms with Crippen molar-refractivity contribution in [3.05, 3.63) is 23.8 Å². The standard InChI is InChI=1S/C55H86O28/c1-19-14-75-55(47(71)43(19)79-49-41(68)38(65)34(61)20(2)76-49)27(15-74-54(18-57)46(70)37(64)31(13-56)82-54)33-30(83-55)12-26-24-7-6-22-10-23(58)11-32(53(22,5)25(24)8-9-52(26,33)4)78-51-45(81-50-42(69)39(66)35(62)21(3)77-50)44(29(60)17-73-51)80-48-40(67)36(63)28(59)16-72-48/h6,20-21,23-51,56-71H,1,7-18H2,2-5H3/t20-,21+,23-,24-,25+,26+,27+,28-,29+,30+,31-,32-,33+,34+,35+,36+,37-,38+,39-,40-,41-,42-,43+,44+,45-,46+,47+,48+,49+,50+,51+,52+,53+,54-,55+/m1/s1. The molecule has 11 rings (SSSR count). The Labute approximate surface area is 478 Å². The van der Waals surface area contributed by atoms with Crippen LogP contribution in [0, 0.1) is 40.4 Å². The zero-order valence-corrected chi connectivity index (χ0v) is 46.7. The van der Waals surface area contributed by atoms with Gasteiger partial charge in [-0.05, 0) is 74.7 Å². The molecule has 0 radical (unpaired) electrons. The van der Waals surface area contributed by atoms with E-state index in [2.05, 4.69) is 26.5 Å². The SMILES string of the molecule is C=C1CO[C@@]2(O[C@H]3C[C@H]4[C@@H]5CC=C6C[C@@H](O)C[C@@H](O[C@@H]7OC[C@H](O)[C@H](O[C@@H]8OC[C@@H](O)[C@H](O)[C@H]8O)[C@H]7O[C@@H]7O[C@@H](C)[C@H](O)[C@@H](O)[C@H]7O)[C@]6(C)[C@H]5CC[C@]4(C)[C@H]3[C@@H]2CO[C@]2(CO)O[C@H](CO)[C@@H](O)[C@@H]2O)[C@@H](O)[C@H]1O[C@@H]1O[C@H](C)[C@H](O)[C@H](O)[C@H]1O. The number of aliphatic hydroxyl groups is 16. The Balaban J connectivity index is 0.895. The molecular weight excluding hydrogens is 1110 g/mol. The van der Waals surface area contributed by atoms with Crippen molar-refractivity contribution in [2.75, 3.05) is 39.6 Å². The minimum Gasteiger partial charge on any atom is -0.394 e. The summed E-state index contributed by atoms with van der Waals surface area (Å²) in [5.41, 5.74) is -0.329. The molecule has 0 bridgehead atoms. The Hall–Kier alpha value is -1.64. The fraction of sp³-hybridized carbons (Fsp3) is 0.927. The summed E-state index contributed by atoms with van der Waals surface area (Å²) in [6, 6.07) is 0. The Kier molecular flexibility index (Phi) is 17.9. The molecule has 1 spiro atoms. The minimum atomic E-state index is -2.24. The molecule has 0 aromatic carbocycles. The lowest BCUT2D eigenvalue weighted by molar-refractivity contribution is -0.382. The first-order chi connectivity index (χ1) is 39.2. The number of fused-ring (bicyclic) bond motifs is 7. The van der Waals surface area contributed by atoms with E-state index in [0.29, 0.717) is 32.1 Å². The second-order valence-electron chi connectivity index (χ2n) is 25.7. The number of aliphatic hydroxyl groups excluding tert-OH is 16. The van der Waals surface area contributed by atoms with Crippen LogP contribution in [0.1, 0.15) is 66.2 Å². The van der Waals surface area contributed by atoms with Gasteiger partial charge < -0.3 is 139 Å². The Morgan fingerprint density at radius 1 is 0.651 bits per heavy atom. The van der Waals surface area contributed by atoms with Crippen LogP contribution in [-0.2, 0) is 56.8 Å². The van der Waals surface area contributed by atoms with Crippen LogP contribution in [0.5, 0.6) is 0 Å². The summed E-state index contributed by atoms with van der Waals surface area (Å²) in [6.07, 6.45) is -33.5. The molecule has 3 saturated carbocycles. The van der Waals surface area contributed by atoms with Gasteiger partial charge in [0.2, 0.25) is 11.6 Å². The van der Waals surface area contributed by atoms with E-state index in [4.69, 9.17) is 56.8 Å². The van der Waals surface area contributed by atoms with Gasteiger partial charge in [0, 0.05) is 23.7 Å². The molecule has 0 amide bonds. The third kappa shape index (κ3) is 10.3. The Morgan fingerprint density at radius 3 is 1.93 bits per heavy atom. The number of ether oxygens (including phenoxy) is 12. The van der Waals surface area contributed by atoms with E-state index in [9.17, 15) is 81.7 Å². The van der Waals surface area contributed by atoms with Crippen LogP contribution >= 0.6 is 0 Å². The average molecular weight is 1200 g/mol. The first kappa shape index (κ1) is 62.9. The molecule has 7 heterocycles. The van der Waals surface area contributed by atoms with Crippen LogP contribution < -0.4 is 0 Å². The zero-order valence-electron chi connectivity index (χ0n) is 46.7. The molecule has 7 aliphatic heterocycles. The minimum absolute atomic E-state index is 0.0898. The molecule has 28 heteroatoms. The molecule has 10 fully saturated rings. The van der Waals surface area contributed by atoms with Gasteiger partial charge in [0.05, 0.1) is 63.6 Å². The summed E-state index contributed by atoms with van der Waals surface area (Å²) in [7, 11) is 0. The first-order valence-corrected chi connectivity index (χ1v) is 29.2. The lowest BCUT2D eigenvalue weighted by Gasteiger charge is -2.61. The lowest BCUT2D eigenvalue weighted by Crippen LogP contribution is -2.65. The average Bonchev–Trinajstić information content (AvgIpc) is 1.61. The predicted octanol–water partition coefficient (Wildman–Crippen LogP) is -6.03. The molecule has 474 valence electrons. The van der Waals surface area contributed by atoms with Gasteiger partial charge in [-0.1, -0.05) is 32.1 Å². The zero-order chi connectivity index (χ0) is 59.7. The van der Waals surface area contributed by atoms with Crippen molar-refractivity contribution in [1.29, 1.82) is 0 Å². The van der Waals surface area contributed by atoms with Crippen molar-refractivity contribution in [3.63, 3.8) is 0 Å². The normalized spacial score (nSPS) is 57.2. The number of rotatable bonds is 13. The highest BCUT2D eigenvalue weighted by Crippen LogP contribution is 2.71. The molecule has 35 atom stereocenters. The van der Waals surface area contributed by atoms with E-state index in [0.717, 1.165) is 5.57 Å². The topological polar surface area (TPSA) is 434 Å². The summed E-state index contributed by atoms with van der Waals surface area (Å²) in [5.74, 6) is -6.05. The van der Waals surface area contributed by atoms with Crippen molar-refractivity contribution in [2.24, 2.45) is 40.4 Å². The predicted molar refractivity (Wildman–Crippen MR) is 272 cm³/mol. The van der Waals surface area contributed by atoms with Crippen LogP contribution in [0.3, 0.4) is 0 Å². The number of hydrogen-bond donors (Lipinski definition) is 16. The van der Waals surface area contributed by atoms with Crippen LogP contribution in [0.2, 0.25) is 0 Å². The summed E-state index contributed by atoms with van der Waals surface area (Å²) in [6.45, 7) is 8.02. The van der Waals surface area contributed by atoms with Crippen molar-refractivity contribution in [3.8, 4) is 0 Å². The number of allylic oxidation sites excluding steroid dienone is 1. The molecule has 0 unspecified atom stereocenters. The largest absolute Gasteiger partial charge is 0.394 e. The van der Waals surface area contributed by atoms with Crippen LogP contribution in [0.15, 0.2) is 23.8 Å². The van der Waals surface area contributed by atoms with E-state index >= 15 is 0 Å². The van der Waals surface area contributed by atoms with Crippen LogP contribution in [0.4, 0.5) is 0 Å². The summed E-state index contributed by atoms with van der Waals surface area (Å²) >= 11 is 0. The quantitative estimate of drug-likeness (QED) is 0.0763. The highest BCUT2D eigenvalue weighted by Gasteiger charge is 2.74. The maximum absolute atomic E-state index is 12.7. The molecular formula is C55H86O28. The molecule has 7 saturated heterocycles. The molecule has 0 aromatic heterocycles. The lowest BCUT2D eigenvalue weighted by atomic mass is 9.46. The van der Waals surface area contributed by atoms with E-state index in [1.54, 1.807) is 0 Å². The second-order valence-corrected chi connectivity index (χ2v) is 25.7. The molecule has 0 aromatic rings. The summed E-state index contributed by atoms with van der Waals surface area (Å²) in [5, 5.41) is 175. The van der Waals surface area contributed by atoms with E-state index in [-0.39, 0.29) is 36.4 Å². The fourth-order valence-electron chi connectivity index (χ4n) is 16.4. The second kappa shape index (κ2) is 23.6. The smallest absolute Gasteiger partial charge is 0.221 e. The van der Waals surface area contributed by atoms with Gasteiger partial charge in [-0.3, -0.25) is 0 Å². The maximum Gasteiger partial charge on any atom is 0.221 e. The Bertz CT molecular complexity index is 2320. The van der Waals surface area contributed by atoms with Crippen molar-refractivity contribution < 1.29 is 139 Å². The van der Waals surface area contributed by atoms with Gasteiger partial charge >= 0.3 is 0 Å². The van der Waals surface area contributed by atoms with E-state index < -0.39 is 227 Å². The van der Waals surface area contributed by atoms with Gasteiger partial charge in [-0.25, -0.2) is 0 Å². The van der Waals surface area contributed by atoms with Crippen molar-refractivity contribution in [2.45, 2.75) is 237 Å². The van der Waals surface area contributed by atoms with Gasteiger partial charge in [0.1, 0.15) is 110 Å². The molecule has 11 aliphatic rings. The van der Waals surface area contributed by atoms with Crippen LogP contribution in [0.25, 0.3) is 0 Å². The van der Waals surface area contributed by atoms with Gasteiger partial charge in [-0.2, -0.15) is 0 Å². The Morgan fingerprint density at radius 2 is 1.28 bits per heavy atom. The molecule has 83 heavy (non-hydrogen) atoms. The summed E-state index contributed by atoms with van der Waals surface area (Å²) in [4.78, 5) is 0. The van der Waals surface area contributed by atoms with Gasteiger partial charge in [0.25, 0.3) is 0 Å². The third-order valence-electron chi connectivity index (χ3n) is 21.2. The molecule has 16 N–H and O–H groups in total. The van der Waals surface area contributed by atoms with E-state index in [1.165, 1.54) is 13.8 Å². The van der Waals surface area contributed by atoms with Crippen molar-refractivity contribution in [1.82, 2.24) is 0 Å². The highest BCUT2D eigenvalue weighted by atomic mass is 16.8. The molecule has 28 nitrogen and oxygen atoms in total.